The molecular weight excluding hydrogens is 605 g/mol. The van der Waals surface area contributed by atoms with Crippen molar-refractivity contribution in [1.29, 1.82) is 0 Å². The Morgan fingerprint density at radius 1 is 0.659 bits per heavy atom. The van der Waals surface area contributed by atoms with Crippen LogP contribution in [0.1, 0.15) is 39.5 Å². The second-order valence-electron chi connectivity index (χ2n) is 9.90. The van der Waals surface area contributed by atoms with Crippen LogP contribution >= 0.6 is 24.4 Å². The molecule has 0 spiro atoms. The maximum atomic E-state index is 12.3. The van der Waals surface area contributed by atoms with E-state index in [1.165, 1.54) is 12.4 Å². The summed E-state index contributed by atoms with van der Waals surface area (Å²) in [6.07, 6.45) is 6.03. The molecule has 4 rings (SSSR count). The van der Waals surface area contributed by atoms with Crippen molar-refractivity contribution in [3.8, 4) is 22.6 Å². The van der Waals surface area contributed by atoms with Crippen LogP contribution in [-0.4, -0.2) is 59.5 Å². The zero-order valence-corrected chi connectivity index (χ0v) is 25.8. The fourth-order valence-corrected chi connectivity index (χ4v) is 4.53. The van der Waals surface area contributed by atoms with E-state index in [1.807, 2.05) is 24.3 Å². The van der Waals surface area contributed by atoms with Crippen molar-refractivity contribution in [2.45, 2.75) is 39.5 Å². The minimum absolute atomic E-state index is 0.0398. The number of hydrogen-bond acceptors (Lipinski definition) is 10. The van der Waals surface area contributed by atoms with Gasteiger partial charge in [0.1, 0.15) is 22.9 Å². The molecule has 44 heavy (non-hydrogen) atoms. The molecule has 2 fully saturated rings. The lowest BCUT2D eigenvalue weighted by atomic mass is 10.0. The smallest absolute Gasteiger partial charge is 0.244 e. The summed E-state index contributed by atoms with van der Waals surface area (Å²) < 4.78 is 12.1. The average molecular weight is 637 g/mol. The van der Waals surface area contributed by atoms with E-state index in [0.717, 1.165) is 36.8 Å². The van der Waals surface area contributed by atoms with E-state index in [1.54, 1.807) is 12.1 Å². The predicted molar refractivity (Wildman–Crippen MR) is 174 cm³/mol. The third-order valence-electron chi connectivity index (χ3n) is 6.57. The van der Waals surface area contributed by atoms with Gasteiger partial charge in [0, 0.05) is 12.4 Å². The van der Waals surface area contributed by atoms with Crippen molar-refractivity contribution < 1.29 is 28.7 Å². The highest BCUT2D eigenvalue weighted by atomic mass is 32.1. The van der Waals surface area contributed by atoms with Crippen LogP contribution in [0.2, 0.25) is 0 Å². The Kier molecular flexibility index (Phi) is 11.2. The van der Waals surface area contributed by atoms with Crippen molar-refractivity contribution in [2.75, 3.05) is 13.2 Å². The molecule has 0 aromatic heterocycles. The number of hydrogen-bond donors (Lipinski definition) is 4. The molecule has 0 atom stereocenters. The lowest BCUT2D eigenvalue weighted by Gasteiger charge is -2.19. The molecule has 4 amide bonds. The summed E-state index contributed by atoms with van der Waals surface area (Å²) in [5.41, 5.74) is 2.49. The molecule has 2 aromatic carbocycles. The van der Waals surface area contributed by atoms with Crippen molar-refractivity contribution in [3.05, 3.63) is 36.4 Å². The number of unbranched alkanes of at least 4 members (excludes halogenated alkanes) is 2. The Bertz CT molecular complexity index is 1390. The Morgan fingerprint density at radius 3 is 1.36 bits per heavy atom. The molecular formula is C30H32N6O6S2. The molecule has 0 unspecified atom stereocenters. The summed E-state index contributed by atoms with van der Waals surface area (Å²) in [5.74, 6) is -3.55. The minimum Gasteiger partial charge on any atom is -0.491 e. The van der Waals surface area contributed by atoms with E-state index in [4.69, 9.17) is 33.9 Å². The maximum Gasteiger partial charge on any atom is 0.244 e. The molecule has 4 N–H and O–H groups in total. The van der Waals surface area contributed by atoms with Gasteiger partial charge in [-0.3, -0.25) is 29.2 Å². The Balaban J connectivity index is 1.63. The molecule has 0 aliphatic carbocycles. The second-order valence-corrected chi connectivity index (χ2v) is 10.7. The quantitative estimate of drug-likeness (QED) is 0.113. The molecule has 14 heteroatoms. The van der Waals surface area contributed by atoms with Crippen LogP contribution in [0.15, 0.2) is 46.4 Å². The van der Waals surface area contributed by atoms with Gasteiger partial charge in [-0.05, 0) is 72.7 Å². The number of thiocarbonyl (C=S) groups is 2. The second kappa shape index (κ2) is 15.3. The van der Waals surface area contributed by atoms with Crippen molar-refractivity contribution >= 4 is 82.1 Å². The number of benzene rings is 2. The maximum absolute atomic E-state index is 12.3. The van der Waals surface area contributed by atoms with Crippen LogP contribution < -0.4 is 30.7 Å². The Morgan fingerprint density at radius 2 is 1.02 bits per heavy atom. The standard InChI is InChI=1S/C30H32N6O6S2/c1-3-5-11-41-23-13-17(7-9-21(23)31-15-19-25(37)33-29(43)34-26(19)38)18-8-10-22(24(14-18)42-12-6-4-2)32-16-20-27(39)35-30(44)36-28(20)40/h7-10,13-16,19-20H,3-6,11-12H2,1-2H3,(H2,33,34,37,38,43)(H2,35,36,39,40,44). The molecule has 230 valence electrons. The first-order chi connectivity index (χ1) is 21.2. The van der Waals surface area contributed by atoms with Gasteiger partial charge < -0.3 is 30.7 Å². The van der Waals surface area contributed by atoms with Gasteiger partial charge in [-0.2, -0.15) is 0 Å². The van der Waals surface area contributed by atoms with E-state index in [0.29, 0.717) is 36.1 Å². The van der Waals surface area contributed by atoms with Gasteiger partial charge in [-0.1, -0.05) is 38.8 Å². The number of amides is 4. The van der Waals surface area contributed by atoms with Crippen LogP contribution in [0.3, 0.4) is 0 Å². The van der Waals surface area contributed by atoms with E-state index in [-0.39, 0.29) is 10.2 Å². The summed E-state index contributed by atoms with van der Waals surface area (Å²) in [4.78, 5) is 57.8. The average Bonchev–Trinajstić information content (AvgIpc) is 2.97. The van der Waals surface area contributed by atoms with E-state index < -0.39 is 35.5 Å². The summed E-state index contributed by atoms with van der Waals surface area (Å²) in [6, 6.07) is 10.8. The number of carbonyl (C=O) groups is 4. The number of nitrogens with zero attached hydrogens (tertiary/aromatic N) is 2. The van der Waals surface area contributed by atoms with Crippen molar-refractivity contribution in [2.24, 2.45) is 21.8 Å². The van der Waals surface area contributed by atoms with Crippen LogP contribution in [0, 0.1) is 11.8 Å². The van der Waals surface area contributed by atoms with Gasteiger partial charge in [0.25, 0.3) is 0 Å². The first kappa shape index (κ1) is 32.4. The van der Waals surface area contributed by atoms with Gasteiger partial charge in [-0.15, -0.1) is 0 Å². The first-order valence-corrected chi connectivity index (χ1v) is 15.0. The number of ether oxygens (including phenoxy) is 2. The van der Waals surface area contributed by atoms with Gasteiger partial charge in [0.2, 0.25) is 23.6 Å². The number of nitrogens with one attached hydrogen (secondary N) is 4. The zero-order chi connectivity index (χ0) is 31.6. The normalized spacial score (nSPS) is 16.2. The van der Waals surface area contributed by atoms with Crippen LogP contribution in [-0.2, 0) is 19.2 Å². The lowest BCUT2D eigenvalue weighted by Crippen LogP contribution is -2.56. The summed E-state index contributed by atoms with van der Waals surface area (Å²) in [7, 11) is 0. The highest BCUT2D eigenvalue weighted by molar-refractivity contribution is 7.80. The zero-order valence-electron chi connectivity index (χ0n) is 24.2. The van der Waals surface area contributed by atoms with E-state index in [2.05, 4.69) is 45.1 Å². The highest BCUT2D eigenvalue weighted by Crippen LogP contribution is 2.37. The molecule has 0 saturated carbocycles. The minimum atomic E-state index is -1.14. The molecule has 2 aliphatic rings. The molecule has 0 radical (unpaired) electrons. The van der Waals surface area contributed by atoms with Gasteiger partial charge in [0.05, 0.1) is 13.2 Å². The predicted octanol–water partition coefficient (Wildman–Crippen LogP) is 3.41. The summed E-state index contributed by atoms with van der Waals surface area (Å²) >= 11 is 9.71. The summed E-state index contributed by atoms with van der Waals surface area (Å²) in [5, 5.41) is 9.59. The van der Waals surface area contributed by atoms with Crippen molar-refractivity contribution in [1.82, 2.24) is 21.3 Å². The third kappa shape index (κ3) is 8.29. The molecule has 2 heterocycles. The Labute approximate surface area is 265 Å². The van der Waals surface area contributed by atoms with Crippen LogP contribution in [0.25, 0.3) is 11.1 Å². The topological polar surface area (TPSA) is 160 Å². The van der Waals surface area contributed by atoms with E-state index in [9.17, 15) is 19.2 Å². The number of aliphatic imine (C=N–C) groups is 2. The third-order valence-corrected chi connectivity index (χ3v) is 6.97. The molecule has 12 nitrogen and oxygen atoms in total. The largest absolute Gasteiger partial charge is 0.491 e. The van der Waals surface area contributed by atoms with Gasteiger partial charge >= 0.3 is 0 Å². The molecule has 2 aliphatic heterocycles. The van der Waals surface area contributed by atoms with E-state index >= 15 is 0 Å². The van der Waals surface area contributed by atoms with Crippen molar-refractivity contribution in [3.63, 3.8) is 0 Å². The van der Waals surface area contributed by atoms with Crippen LogP contribution in [0.4, 0.5) is 11.4 Å². The van der Waals surface area contributed by atoms with Crippen LogP contribution in [0.5, 0.6) is 11.5 Å². The fourth-order valence-electron chi connectivity index (χ4n) is 4.12. The number of rotatable bonds is 13. The summed E-state index contributed by atoms with van der Waals surface area (Å²) in [6.45, 7) is 5.01. The fraction of sp³-hybridized carbons (Fsp3) is 0.333. The highest BCUT2D eigenvalue weighted by Gasteiger charge is 2.32. The monoisotopic (exact) mass is 636 g/mol. The van der Waals surface area contributed by atoms with Gasteiger partial charge in [0.15, 0.2) is 22.1 Å². The molecule has 2 saturated heterocycles. The van der Waals surface area contributed by atoms with Gasteiger partial charge in [-0.25, -0.2) is 0 Å². The number of carbonyl (C=O) groups excluding carboxylic acids is 4. The first-order valence-electron chi connectivity index (χ1n) is 14.1. The molecule has 2 aromatic rings. The SMILES string of the molecule is CCCCOc1cc(-c2ccc(N=CC3C(=O)NC(=S)NC3=O)c(OCCCC)c2)ccc1N=CC1C(=O)NC(=S)NC1=O. The molecule has 0 bridgehead atoms. The lowest BCUT2D eigenvalue weighted by molar-refractivity contribution is -0.133. The Hall–Kier alpha value is -4.56.